The number of nitrogens with one attached hydrogen (secondary N) is 2. The van der Waals surface area contributed by atoms with Crippen LogP contribution >= 0.6 is 12.4 Å². The second-order valence-corrected chi connectivity index (χ2v) is 9.12. The standard InChI is InChI=1S/C22H28N8O3.ClH/c1-21(2,14-25-18(31)12-33-3)30-11-16(10-26-30)27-20-24-8-6-17(28-20)29-9-7-22(13-23,19(29)32)15-4-5-15;/h6,8,10-11,15H,4-5,7,9,12,14H2,1-3H3,(H,25,31)(H,24,27,28);1H/t22-;/m1./s1. The molecule has 1 atom stereocenters. The molecule has 34 heavy (non-hydrogen) atoms. The third-order valence-electron chi connectivity index (χ3n) is 6.20. The van der Waals surface area contributed by atoms with Crippen LogP contribution in [0, 0.1) is 22.7 Å². The first kappa shape index (κ1) is 25.4. The average molecular weight is 489 g/mol. The van der Waals surface area contributed by atoms with Gasteiger partial charge in [-0.1, -0.05) is 0 Å². The summed E-state index contributed by atoms with van der Waals surface area (Å²) in [5.41, 5.74) is -0.720. The van der Waals surface area contributed by atoms with Crippen LogP contribution in [-0.2, 0) is 19.9 Å². The molecule has 2 aromatic rings. The lowest BCUT2D eigenvalue weighted by Gasteiger charge is -2.25. The number of carbonyl (C=O) groups is 2. The number of nitriles is 1. The van der Waals surface area contributed by atoms with Gasteiger partial charge in [-0.05, 0) is 45.1 Å². The Bertz CT molecular complexity index is 1090. The topological polar surface area (TPSA) is 138 Å². The molecule has 0 radical (unpaired) electrons. The lowest BCUT2D eigenvalue weighted by molar-refractivity contribution is -0.125. The van der Waals surface area contributed by atoms with Crippen molar-refractivity contribution in [1.29, 1.82) is 5.26 Å². The molecule has 3 heterocycles. The van der Waals surface area contributed by atoms with Crippen LogP contribution in [0.3, 0.4) is 0 Å². The number of aromatic nitrogens is 4. The molecule has 1 saturated carbocycles. The molecule has 2 fully saturated rings. The maximum atomic E-state index is 13.0. The number of ether oxygens (including phenoxy) is 1. The highest BCUT2D eigenvalue weighted by Gasteiger charge is 2.57. The van der Waals surface area contributed by atoms with E-state index in [-0.39, 0.29) is 36.7 Å². The van der Waals surface area contributed by atoms with Crippen molar-refractivity contribution in [2.75, 3.05) is 37.0 Å². The minimum absolute atomic E-state index is 0. The molecule has 0 aromatic carbocycles. The number of amides is 2. The molecule has 0 spiro atoms. The van der Waals surface area contributed by atoms with E-state index in [1.807, 2.05) is 13.8 Å². The second kappa shape index (κ2) is 9.95. The van der Waals surface area contributed by atoms with Gasteiger partial charge in [0.15, 0.2) is 0 Å². The van der Waals surface area contributed by atoms with Gasteiger partial charge in [0.05, 0.1) is 23.5 Å². The molecule has 1 aliphatic carbocycles. The number of rotatable bonds is 9. The molecule has 182 valence electrons. The molecule has 2 amide bonds. The summed E-state index contributed by atoms with van der Waals surface area (Å²) in [6.45, 7) is 4.76. The van der Waals surface area contributed by atoms with Crippen molar-refractivity contribution in [2.45, 2.75) is 38.6 Å². The lowest BCUT2D eigenvalue weighted by Crippen LogP contribution is -2.42. The van der Waals surface area contributed by atoms with E-state index in [1.165, 1.54) is 7.11 Å². The summed E-state index contributed by atoms with van der Waals surface area (Å²) in [7, 11) is 1.47. The van der Waals surface area contributed by atoms with E-state index in [1.54, 1.807) is 34.2 Å². The van der Waals surface area contributed by atoms with Gasteiger partial charge >= 0.3 is 0 Å². The summed E-state index contributed by atoms with van der Waals surface area (Å²) in [6, 6.07) is 3.97. The highest BCUT2D eigenvalue weighted by atomic mass is 35.5. The second-order valence-electron chi connectivity index (χ2n) is 9.12. The van der Waals surface area contributed by atoms with Gasteiger partial charge in [-0.15, -0.1) is 12.4 Å². The maximum Gasteiger partial charge on any atom is 0.248 e. The summed E-state index contributed by atoms with van der Waals surface area (Å²) in [5, 5.41) is 20.0. The fraction of sp³-hybridized carbons (Fsp3) is 0.545. The Balaban J connectivity index is 0.00000324. The summed E-state index contributed by atoms with van der Waals surface area (Å²) in [5.74, 6) is 0.603. The predicted molar refractivity (Wildman–Crippen MR) is 127 cm³/mol. The Kier molecular flexibility index (Phi) is 7.43. The van der Waals surface area contributed by atoms with Crippen molar-refractivity contribution in [3.8, 4) is 6.07 Å². The van der Waals surface area contributed by atoms with E-state index in [0.29, 0.717) is 37.0 Å². The van der Waals surface area contributed by atoms with Crippen molar-refractivity contribution < 1.29 is 14.3 Å². The number of halogens is 1. The number of nitrogens with zero attached hydrogens (tertiary/aromatic N) is 6. The van der Waals surface area contributed by atoms with E-state index >= 15 is 0 Å². The van der Waals surface area contributed by atoms with Gasteiger partial charge in [-0.2, -0.15) is 15.3 Å². The van der Waals surface area contributed by atoms with E-state index in [4.69, 9.17) is 4.74 Å². The molecule has 12 heteroatoms. The van der Waals surface area contributed by atoms with Gasteiger partial charge in [0.2, 0.25) is 17.8 Å². The van der Waals surface area contributed by atoms with E-state index < -0.39 is 11.0 Å². The van der Waals surface area contributed by atoms with Crippen molar-refractivity contribution >= 4 is 41.7 Å². The Morgan fingerprint density at radius 2 is 2.18 bits per heavy atom. The minimum Gasteiger partial charge on any atom is -0.375 e. The molecule has 0 bridgehead atoms. The number of hydrogen-bond acceptors (Lipinski definition) is 8. The zero-order valence-electron chi connectivity index (χ0n) is 19.4. The van der Waals surface area contributed by atoms with Crippen molar-refractivity contribution in [2.24, 2.45) is 11.3 Å². The molecular weight excluding hydrogens is 460 g/mol. The first-order valence-corrected chi connectivity index (χ1v) is 10.9. The molecule has 2 aromatic heterocycles. The first-order valence-electron chi connectivity index (χ1n) is 10.9. The van der Waals surface area contributed by atoms with Crippen molar-refractivity contribution in [3.63, 3.8) is 0 Å². The largest absolute Gasteiger partial charge is 0.375 e. The molecule has 1 aliphatic heterocycles. The fourth-order valence-electron chi connectivity index (χ4n) is 4.09. The minimum atomic E-state index is -0.913. The zero-order chi connectivity index (χ0) is 23.6. The fourth-order valence-corrected chi connectivity index (χ4v) is 4.09. The van der Waals surface area contributed by atoms with Gasteiger partial charge in [0, 0.05) is 32.6 Å². The van der Waals surface area contributed by atoms with Gasteiger partial charge in [-0.3, -0.25) is 19.2 Å². The third kappa shape index (κ3) is 4.98. The molecule has 2 aliphatic rings. The van der Waals surface area contributed by atoms with Gasteiger partial charge < -0.3 is 15.4 Å². The number of anilines is 3. The average Bonchev–Trinajstić information content (AvgIpc) is 3.44. The highest BCUT2D eigenvalue weighted by molar-refractivity contribution is 6.01. The van der Waals surface area contributed by atoms with Crippen molar-refractivity contribution in [1.82, 2.24) is 25.1 Å². The predicted octanol–water partition coefficient (Wildman–Crippen LogP) is 1.99. The van der Waals surface area contributed by atoms with Crippen molar-refractivity contribution in [3.05, 3.63) is 24.7 Å². The van der Waals surface area contributed by atoms with Crippen LogP contribution in [-0.4, -0.2) is 58.4 Å². The molecular formula is C22H29ClN8O3. The van der Waals surface area contributed by atoms with Crippen LogP contribution in [0.25, 0.3) is 0 Å². The zero-order valence-corrected chi connectivity index (χ0v) is 20.3. The summed E-state index contributed by atoms with van der Waals surface area (Å²) >= 11 is 0. The van der Waals surface area contributed by atoms with Gasteiger partial charge in [0.25, 0.3) is 0 Å². The number of hydrogen-bond donors (Lipinski definition) is 2. The molecule has 4 rings (SSSR count). The Morgan fingerprint density at radius 3 is 2.85 bits per heavy atom. The smallest absolute Gasteiger partial charge is 0.248 e. The quantitative estimate of drug-likeness (QED) is 0.546. The van der Waals surface area contributed by atoms with E-state index in [2.05, 4.69) is 31.8 Å². The number of carbonyl (C=O) groups excluding carboxylic acids is 2. The molecule has 11 nitrogen and oxygen atoms in total. The Labute approximate surface area is 204 Å². The Morgan fingerprint density at radius 1 is 1.41 bits per heavy atom. The van der Waals surface area contributed by atoms with Gasteiger partial charge in [0.1, 0.15) is 17.8 Å². The van der Waals surface area contributed by atoms with Crippen LogP contribution in [0.15, 0.2) is 24.7 Å². The SMILES string of the molecule is COCC(=O)NCC(C)(C)n1cc(Nc2nccc(N3CC[C@@](C#N)(C4CC4)C3=O)n2)cn1.Cl. The van der Waals surface area contributed by atoms with E-state index in [9.17, 15) is 14.9 Å². The monoisotopic (exact) mass is 488 g/mol. The molecule has 1 saturated heterocycles. The highest BCUT2D eigenvalue weighted by Crippen LogP contribution is 2.51. The van der Waals surface area contributed by atoms with E-state index in [0.717, 1.165) is 12.8 Å². The van der Waals surface area contributed by atoms with Crippen LogP contribution in [0.5, 0.6) is 0 Å². The molecule has 2 N–H and O–H groups in total. The Hall–Kier alpha value is -3.23. The van der Waals surface area contributed by atoms with Crippen LogP contribution in [0.4, 0.5) is 17.5 Å². The van der Waals surface area contributed by atoms with Crippen LogP contribution in [0.1, 0.15) is 33.1 Å². The summed E-state index contributed by atoms with van der Waals surface area (Å²) in [4.78, 5) is 35.1. The summed E-state index contributed by atoms with van der Waals surface area (Å²) in [6.07, 6.45) is 7.42. The normalized spacial score (nSPS) is 19.9. The molecule has 0 unspecified atom stereocenters. The lowest BCUT2D eigenvalue weighted by atomic mass is 9.83. The summed E-state index contributed by atoms with van der Waals surface area (Å²) < 4.78 is 6.58. The van der Waals surface area contributed by atoms with Crippen LogP contribution < -0.4 is 15.5 Å². The first-order chi connectivity index (χ1) is 15.8. The maximum absolute atomic E-state index is 13.0. The van der Waals surface area contributed by atoms with Gasteiger partial charge in [-0.25, -0.2) is 4.98 Å². The third-order valence-corrected chi connectivity index (χ3v) is 6.20. The van der Waals surface area contributed by atoms with Crippen LogP contribution in [0.2, 0.25) is 0 Å². The number of methoxy groups -OCH3 is 1.